The first kappa shape index (κ1) is 15.0. The van der Waals surface area contributed by atoms with E-state index in [0.29, 0.717) is 24.4 Å². The van der Waals surface area contributed by atoms with E-state index in [4.69, 9.17) is 5.26 Å². The summed E-state index contributed by atoms with van der Waals surface area (Å²) in [4.78, 5) is 0.291. The molecule has 1 heterocycles. The number of nitrogens with zero attached hydrogens (tertiary/aromatic N) is 2. The lowest BCUT2D eigenvalue weighted by molar-refractivity contribution is 0.220. The third-order valence-corrected chi connectivity index (χ3v) is 5.67. The van der Waals surface area contributed by atoms with Crippen molar-refractivity contribution in [2.75, 3.05) is 13.1 Å². The Balaban J connectivity index is 2.32. The van der Waals surface area contributed by atoms with Gasteiger partial charge in [0, 0.05) is 25.2 Å². The number of sulfonamides is 1. The zero-order valence-corrected chi connectivity index (χ0v) is 12.5. The van der Waals surface area contributed by atoms with Gasteiger partial charge in [-0.05, 0) is 31.5 Å². The first-order valence-corrected chi connectivity index (χ1v) is 8.11. The van der Waals surface area contributed by atoms with Gasteiger partial charge in [0.25, 0.3) is 0 Å². The summed E-state index contributed by atoms with van der Waals surface area (Å²) >= 11 is 0. The maximum Gasteiger partial charge on any atom is 0.243 e. The first-order valence-electron chi connectivity index (χ1n) is 6.67. The second kappa shape index (κ2) is 5.92. The Labute approximate surface area is 120 Å². The molecule has 0 bridgehead atoms. The van der Waals surface area contributed by atoms with Gasteiger partial charge < -0.3 is 5.32 Å². The molecule has 0 aromatic heterocycles. The van der Waals surface area contributed by atoms with E-state index in [-0.39, 0.29) is 12.1 Å². The third kappa shape index (κ3) is 2.85. The van der Waals surface area contributed by atoms with Crippen LogP contribution < -0.4 is 5.32 Å². The van der Waals surface area contributed by atoms with Crippen molar-refractivity contribution in [1.29, 1.82) is 5.26 Å². The minimum Gasteiger partial charge on any atom is -0.314 e. The van der Waals surface area contributed by atoms with E-state index in [9.17, 15) is 8.42 Å². The van der Waals surface area contributed by atoms with Crippen LogP contribution >= 0.6 is 0 Å². The van der Waals surface area contributed by atoms with Crippen molar-refractivity contribution < 1.29 is 8.42 Å². The summed E-state index contributed by atoms with van der Waals surface area (Å²) < 4.78 is 27.0. The van der Waals surface area contributed by atoms with Gasteiger partial charge in [0.05, 0.1) is 17.4 Å². The Bertz CT molecular complexity index is 594. The molecule has 5 nitrogen and oxygen atoms in total. The molecule has 0 aliphatic carbocycles. The largest absolute Gasteiger partial charge is 0.314 e. The normalized spacial score (nSPS) is 24.2. The first-order chi connectivity index (χ1) is 9.46. The average molecular weight is 293 g/mol. The summed E-state index contributed by atoms with van der Waals surface area (Å²) in [5.74, 6) is 0. The standard InChI is InChI=1S/C14H19N3O2S/c1-11-9-16-10-12(2)17(11)20(18,19)14-5-3-13(4-6-14)7-8-15/h3-6,11-12,16H,7,9-10H2,1-2H3. The van der Waals surface area contributed by atoms with Crippen LogP contribution in [0.25, 0.3) is 0 Å². The Hall–Kier alpha value is -1.42. The number of nitriles is 1. The number of rotatable bonds is 3. The van der Waals surface area contributed by atoms with E-state index in [1.165, 1.54) is 0 Å². The summed E-state index contributed by atoms with van der Waals surface area (Å²) in [6, 6.07) is 8.49. The molecule has 0 amide bonds. The van der Waals surface area contributed by atoms with E-state index < -0.39 is 10.0 Å². The smallest absolute Gasteiger partial charge is 0.243 e. The van der Waals surface area contributed by atoms with Gasteiger partial charge in [0.1, 0.15) is 0 Å². The Morgan fingerprint density at radius 1 is 1.25 bits per heavy atom. The summed E-state index contributed by atoms with van der Waals surface area (Å²) in [7, 11) is -3.48. The molecule has 1 aliphatic heterocycles. The summed E-state index contributed by atoms with van der Waals surface area (Å²) in [6.45, 7) is 5.14. The van der Waals surface area contributed by atoms with Crippen LogP contribution in [0.1, 0.15) is 19.4 Å². The number of hydrogen-bond donors (Lipinski definition) is 1. The van der Waals surface area contributed by atoms with Crippen molar-refractivity contribution in [2.45, 2.75) is 37.2 Å². The molecule has 108 valence electrons. The van der Waals surface area contributed by atoms with E-state index in [2.05, 4.69) is 11.4 Å². The molecule has 0 spiro atoms. The third-order valence-electron chi connectivity index (χ3n) is 3.53. The lowest BCUT2D eigenvalue weighted by Gasteiger charge is -2.38. The van der Waals surface area contributed by atoms with Crippen molar-refractivity contribution in [3.05, 3.63) is 29.8 Å². The van der Waals surface area contributed by atoms with E-state index in [1.807, 2.05) is 13.8 Å². The molecular formula is C14H19N3O2S. The highest BCUT2D eigenvalue weighted by Crippen LogP contribution is 2.23. The van der Waals surface area contributed by atoms with E-state index >= 15 is 0 Å². The molecule has 1 fully saturated rings. The van der Waals surface area contributed by atoms with Gasteiger partial charge in [-0.3, -0.25) is 0 Å². The fraction of sp³-hybridized carbons (Fsp3) is 0.500. The molecule has 2 rings (SSSR count). The highest BCUT2D eigenvalue weighted by Gasteiger charge is 2.35. The van der Waals surface area contributed by atoms with Crippen molar-refractivity contribution in [3.8, 4) is 6.07 Å². The molecule has 0 saturated carbocycles. The number of benzene rings is 1. The number of hydrogen-bond acceptors (Lipinski definition) is 4. The van der Waals surface area contributed by atoms with Crippen molar-refractivity contribution in [2.24, 2.45) is 0 Å². The van der Waals surface area contributed by atoms with Gasteiger partial charge in [0.2, 0.25) is 10.0 Å². The molecule has 1 aromatic carbocycles. The molecule has 1 aromatic rings. The van der Waals surface area contributed by atoms with Gasteiger partial charge in [-0.15, -0.1) is 0 Å². The topological polar surface area (TPSA) is 73.2 Å². The molecule has 0 radical (unpaired) electrons. The van der Waals surface area contributed by atoms with Crippen LogP contribution in [0.15, 0.2) is 29.2 Å². The number of nitrogens with one attached hydrogen (secondary N) is 1. The predicted octanol–water partition coefficient (Wildman–Crippen LogP) is 1.12. The minimum absolute atomic E-state index is 0.0671. The van der Waals surface area contributed by atoms with Gasteiger partial charge in [0.15, 0.2) is 0 Å². The van der Waals surface area contributed by atoms with Gasteiger partial charge in [-0.25, -0.2) is 8.42 Å². The van der Waals surface area contributed by atoms with Crippen LogP contribution in [0.4, 0.5) is 0 Å². The van der Waals surface area contributed by atoms with Crippen LogP contribution in [0.2, 0.25) is 0 Å². The van der Waals surface area contributed by atoms with Gasteiger partial charge >= 0.3 is 0 Å². The van der Waals surface area contributed by atoms with Crippen LogP contribution in [0.3, 0.4) is 0 Å². The second-order valence-corrected chi connectivity index (χ2v) is 7.01. The summed E-state index contributed by atoms with van der Waals surface area (Å²) in [5.41, 5.74) is 0.827. The molecule has 20 heavy (non-hydrogen) atoms. The molecular weight excluding hydrogens is 274 g/mol. The van der Waals surface area contributed by atoms with Crippen LogP contribution in [-0.4, -0.2) is 37.9 Å². The zero-order valence-electron chi connectivity index (χ0n) is 11.7. The average Bonchev–Trinajstić information content (AvgIpc) is 2.39. The van der Waals surface area contributed by atoms with Crippen molar-refractivity contribution in [3.63, 3.8) is 0 Å². The lowest BCUT2D eigenvalue weighted by atomic mass is 10.2. The highest BCUT2D eigenvalue weighted by atomic mass is 32.2. The Kier molecular flexibility index (Phi) is 4.43. The quantitative estimate of drug-likeness (QED) is 0.906. The Morgan fingerprint density at radius 3 is 2.30 bits per heavy atom. The maximum absolute atomic E-state index is 12.7. The number of piperazine rings is 1. The summed E-state index contributed by atoms with van der Waals surface area (Å²) in [5, 5.41) is 11.9. The van der Waals surface area contributed by atoms with Crippen LogP contribution in [0.5, 0.6) is 0 Å². The van der Waals surface area contributed by atoms with Gasteiger partial charge in [-0.1, -0.05) is 12.1 Å². The second-order valence-electron chi connectivity index (χ2n) is 5.17. The van der Waals surface area contributed by atoms with Crippen LogP contribution in [-0.2, 0) is 16.4 Å². The highest BCUT2D eigenvalue weighted by molar-refractivity contribution is 7.89. The van der Waals surface area contributed by atoms with Crippen molar-refractivity contribution >= 4 is 10.0 Å². The lowest BCUT2D eigenvalue weighted by Crippen LogP contribution is -2.57. The molecule has 1 saturated heterocycles. The van der Waals surface area contributed by atoms with Gasteiger partial charge in [-0.2, -0.15) is 9.57 Å². The fourth-order valence-corrected chi connectivity index (χ4v) is 4.40. The van der Waals surface area contributed by atoms with Crippen LogP contribution in [0, 0.1) is 11.3 Å². The molecule has 1 N–H and O–H groups in total. The predicted molar refractivity (Wildman–Crippen MR) is 76.6 cm³/mol. The van der Waals surface area contributed by atoms with Crippen molar-refractivity contribution in [1.82, 2.24) is 9.62 Å². The van der Waals surface area contributed by atoms with E-state index in [1.54, 1.807) is 28.6 Å². The monoisotopic (exact) mass is 293 g/mol. The SMILES string of the molecule is CC1CNCC(C)N1S(=O)(=O)c1ccc(CC#N)cc1. The molecule has 1 aliphatic rings. The molecule has 6 heteroatoms. The maximum atomic E-state index is 12.7. The zero-order chi connectivity index (χ0) is 14.8. The Morgan fingerprint density at radius 2 is 1.80 bits per heavy atom. The van der Waals surface area contributed by atoms with E-state index in [0.717, 1.165) is 5.56 Å². The summed E-state index contributed by atoms with van der Waals surface area (Å²) in [6.07, 6.45) is 0.292. The minimum atomic E-state index is -3.48. The fourth-order valence-electron chi connectivity index (χ4n) is 2.58. The molecule has 2 unspecified atom stereocenters. The molecule has 2 atom stereocenters.